The van der Waals surface area contributed by atoms with Gasteiger partial charge in [0.25, 0.3) is 11.8 Å². The van der Waals surface area contributed by atoms with Crippen molar-refractivity contribution in [2.45, 2.75) is 26.3 Å². The first-order valence-corrected chi connectivity index (χ1v) is 11.6. The van der Waals surface area contributed by atoms with Gasteiger partial charge in [0.15, 0.2) is 5.11 Å². The lowest BCUT2D eigenvalue weighted by Gasteiger charge is -2.13. The summed E-state index contributed by atoms with van der Waals surface area (Å²) in [5.74, 6) is 0.567. The summed E-state index contributed by atoms with van der Waals surface area (Å²) in [6.07, 6.45) is 3.45. The zero-order valence-electron chi connectivity index (χ0n) is 18.0. The van der Waals surface area contributed by atoms with Crippen molar-refractivity contribution in [3.8, 4) is 5.75 Å². The van der Waals surface area contributed by atoms with Gasteiger partial charge in [0.05, 0.1) is 25.0 Å². The fraction of sp³-hybridized carbons (Fsp3) is 0.208. The van der Waals surface area contributed by atoms with Crippen LogP contribution in [-0.4, -0.2) is 23.5 Å². The third kappa shape index (κ3) is 7.44. The molecule has 0 bridgehead atoms. The van der Waals surface area contributed by atoms with E-state index < -0.39 is 0 Å². The predicted octanol–water partition coefficient (Wildman–Crippen LogP) is 5.28. The summed E-state index contributed by atoms with van der Waals surface area (Å²) >= 11 is 8.67. The molecule has 9 heteroatoms. The summed E-state index contributed by atoms with van der Waals surface area (Å²) in [5, 5.41) is 8.53. The number of benzene rings is 2. The minimum atomic E-state index is -0.380. The van der Waals surface area contributed by atoms with Gasteiger partial charge in [-0.25, -0.2) is 0 Å². The van der Waals surface area contributed by atoms with Gasteiger partial charge in [-0.2, -0.15) is 0 Å². The van der Waals surface area contributed by atoms with Crippen molar-refractivity contribution in [2.24, 2.45) is 0 Å². The third-order valence-corrected chi connectivity index (χ3v) is 5.27. The molecule has 3 N–H and O–H groups in total. The number of hydrogen-bond donors (Lipinski definition) is 3. The Labute approximate surface area is 206 Å². The second kappa shape index (κ2) is 12.2. The summed E-state index contributed by atoms with van der Waals surface area (Å²) in [5.41, 5.74) is 1.51. The van der Waals surface area contributed by atoms with Gasteiger partial charge in [-0.3, -0.25) is 14.9 Å². The van der Waals surface area contributed by atoms with Crippen molar-refractivity contribution in [2.75, 3.05) is 11.9 Å². The Balaban J connectivity index is 1.55. The quantitative estimate of drug-likeness (QED) is 0.258. The highest BCUT2D eigenvalue weighted by Gasteiger charge is 2.15. The van der Waals surface area contributed by atoms with E-state index in [1.807, 2.05) is 6.07 Å². The predicted molar refractivity (Wildman–Crippen MR) is 135 cm³/mol. The molecule has 0 aliphatic rings. The van der Waals surface area contributed by atoms with Crippen LogP contribution in [0, 0.1) is 0 Å². The molecule has 2 aromatic carbocycles. The highest BCUT2D eigenvalue weighted by molar-refractivity contribution is 9.10. The molecule has 0 unspecified atom stereocenters. The van der Waals surface area contributed by atoms with Crippen LogP contribution in [0.1, 0.15) is 46.2 Å². The summed E-state index contributed by atoms with van der Waals surface area (Å²) in [7, 11) is 0. The largest absolute Gasteiger partial charge is 0.493 e. The van der Waals surface area contributed by atoms with Crippen molar-refractivity contribution in [1.29, 1.82) is 0 Å². The molecule has 0 atom stereocenters. The molecule has 0 aliphatic carbocycles. The fourth-order valence-corrected chi connectivity index (χ4v) is 3.42. The van der Waals surface area contributed by atoms with Gasteiger partial charge in [0, 0.05) is 15.7 Å². The normalized spacial score (nSPS) is 10.4. The van der Waals surface area contributed by atoms with Gasteiger partial charge < -0.3 is 19.8 Å². The van der Waals surface area contributed by atoms with E-state index in [1.54, 1.807) is 54.8 Å². The van der Waals surface area contributed by atoms with E-state index in [4.69, 9.17) is 21.4 Å². The Morgan fingerprint density at radius 3 is 2.58 bits per heavy atom. The Morgan fingerprint density at radius 1 is 1.09 bits per heavy atom. The first-order chi connectivity index (χ1) is 16.0. The van der Waals surface area contributed by atoms with Crippen LogP contribution in [0.5, 0.6) is 5.75 Å². The van der Waals surface area contributed by atoms with Crippen LogP contribution in [0.2, 0.25) is 0 Å². The first kappa shape index (κ1) is 24.5. The number of unbranched alkanes of at least 4 members (excludes halogenated alkanes) is 1. The Morgan fingerprint density at radius 2 is 1.88 bits per heavy atom. The monoisotopic (exact) mass is 529 g/mol. The average molecular weight is 530 g/mol. The Hall–Kier alpha value is -3.17. The molecule has 1 aromatic heterocycles. The van der Waals surface area contributed by atoms with Crippen LogP contribution in [0.15, 0.2) is 69.8 Å². The first-order valence-electron chi connectivity index (χ1n) is 10.4. The summed E-state index contributed by atoms with van der Waals surface area (Å²) in [6.45, 7) is 2.91. The molecule has 2 amide bonds. The maximum Gasteiger partial charge on any atom is 0.261 e. The highest BCUT2D eigenvalue weighted by Crippen LogP contribution is 2.23. The average Bonchev–Trinajstić information content (AvgIpc) is 3.32. The number of thiocarbonyl (C=S) groups is 1. The molecular formula is C24H24BrN3O4S. The SMILES string of the molecule is CCCCOc1ccc(Br)cc1C(=O)NC(=S)Nc1ccc(C(=O)NCc2ccco2)cc1. The molecule has 3 rings (SSSR count). The second-order valence-corrected chi connectivity index (χ2v) is 8.41. The standard InChI is InChI=1S/C24H24BrN3O4S/c1-2-3-12-32-21-11-8-17(25)14-20(21)23(30)28-24(33)27-18-9-6-16(7-10-18)22(29)26-15-19-5-4-13-31-19/h4-11,13-14H,2-3,12,15H2,1H3,(H,26,29)(H2,27,28,30,33). The van der Waals surface area contributed by atoms with Crippen molar-refractivity contribution in [1.82, 2.24) is 10.6 Å². The summed E-state index contributed by atoms with van der Waals surface area (Å²) in [6, 6.07) is 15.6. The maximum absolute atomic E-state index is 12.8. The van der Waals surface area contributed by atoms with Crippen molar-refractivity contribution in [3.63, 3.8) is 0 Å². The fourth-order valence-electron chi connectivity index (χ4n) is 2.85. The minimum Gasteiger partial charge on any atom is -0.493 e. The van der Waals surface area contributed by atoms with E-state index >= 15 is 0 Å². The van der Waals surface area contributed by atoms with Crippen molar-refractivity contribution in [3.05, 3.63) is 82.2 Å². The molecule has 0 fully saturated rings. The summed E-state index contributed by atoms with van der Waals surface area (Å²) < 4.78 is 11.7. The molecule has 172 valence electrons. The number of rotatable bonds is 9. The van der Waals surface area contributed by atoms with Crippen LogP contribution in [0.3, 0.4) is 0 Å². The molecule has 0 aliphatic heterocycles. The maximum atomic E-state index is 12.8. The number of carbonyl (C=O) groups is 2. The number of carbonyl (C=O) groups excluding carboxylic acids is 2. The number of hydrogen-bond acceptors (Lipinski definition) is 5. The van der Waals surface area contributed by atoms with E-state index in [-0.39, 0.29) is 16.9 Å². The van der Waals surface area contributed by atoms with Crippen LogP contribution < -0.4 is 20.7 Å². The van der Waals surface area contributed by atoms with Crippen molar-refractivity contribution < 1.29 is 18.7 Å². The van der Waals surface area contributed by atoms with Crippen LogP contribution >= 0.6 is 28.1 Å². The number of amides is 2. The zero-order valence-corrected chi connectivity index (χ0v) is 20.4. The Bertz CT molecular complexity index is 1100. The van der Waals surface area contributed by atoms with Gasteiger partial charge >= 0.3 is 0 Å². The molecule has 7 nitrogen and oxygen atoms in total. The molecule has 3 aromatic rings. The third-order valence-electron chi connectivity index (χ3n) is 4.58. The van der Waals surface area contributed by atoms with E-state index in [0.29, 0.717) is 41.5 Å². The molecule has 0 saturated heterocycles. The van der Waals surface area contributed by atoms with Gasteiger partial charge in [-0.1, -0.05) is 29.3 Å². The Kier molecular flexibility index (Phi) is 9.03. The number of nitrogens with one attached hydrogen (secondary N) is 3. The minimum absolute atomic E-state index is 0.134. The number of ether oxygens (including phenoxy) is 1. The lowest BCUT2D eigenvalue weighted by molar-refractivity contribution is 0.0945. The molecular weight excluding hydrogens is 506 g/mol. The number of furan rings is 1. The summed E-state index contributed by atoms with van der Waals surface area (Å²) in [4.78, 5) is 25.0. The molecule has 33 heavy (non-hydrogen) atoms. The lowest BCUT2D eigenvalue weighted by atomic mass is 10.2. The molecule has 0 radical (unpaired) electrons. The van der Waals surface area contributed by atoms with E-state index in [0.717, 1.165) is 17.3 Å². The second-order valence-electron chi connectivity index (χ2n) is 7.09. The zero-order chi connectivity index (χ0) is 23.6. The van der Waals surface area contributed by atoms with E-state index in [1.165, 1.54) is 0 Å². The smallest absolute Gasteiger partial charge is 0.261 e. The lowest BCUT2D eigenvalue weighted by Crippen LogP contribution is -2.34. The number of halogens is 1. The van der Waals surface area contributed by atoms with Gasteiger partial charge in [-0.05, 0) is 73.2 Å². The van der Waals surface area contributed by atoms with E-state index in [2.05, 4.69) is 38.8 Å². The molecule has 0 spiro atoms. The topological polar surface area (TPSA) is 92.6 Å². The molecule has 0 saturated carbocycles. The van der Waals surface area contributed by atoms with Crippen LogP contribution in [-0.2, 0) is 6.54 Å². The van der Waals surface area contributed by atoms with Crippen LogP contribution in [0.4, 0.5) is 5.69 Å². The van der Waals surface area contributed by atoms with Gasteiger partial charge in [0.2, 0.25) is 0 Å². The van der Waals surface area contributed by atoms with Gasteiger partial charge in [-0.15, -0.1) is 0 Å². The number of anilines is 1. The highest BCUT2D eigenvalue weighted by atomic mass is 79.9. The van der Waals surface area contributed by atoms with Crippen LogP contribution in [0.25, 0.3) is 0 Å². The van der Waals surface area contributed by atoms with Crippen molar-refractivity contribution >= 4 is 50.8 Å². The van der Waals surface area contributed by atoms with E-state index in [9.17, 15) is 9.59 Å². The molecule has 1 heterocycles. The van der Waals surface area contributed by atoms with Gasteiger partial charge in [0.1, 0.15) is 11.5 Å².